The van der Waals surface area contributed by atoms with Crippen LogP contribution in [-0.4, -0.2) is 32.3 Å². The van der Waals surface area contributed by atoms with Crippen molar-refractivity contribution < 1.29 is 14.3 Å². The Bertz CT molecular complexity index is 354. The summed E-state index contributed by atoms with van der Waals surface area (Å²) in [6.07, 6.45) is 0.907. The third-order valence-electron chi connectivity index (χ3n) is 2.65. The second-order valence-corrected chi connectivity index (χ2v) is 4.37. The summed E-state index contributed by atoms with van der Waals surface area (Å²) in [5.74, 6) is 0.646. The summed E-state index contributed by atoms with van der Waals surface area (Å²) in [5, 5.41) is 3.23. The van der Waals surface area contributed by atoms with Crippen molar-refractivity contribution in [3.63, 3.8) is 0 Å². The Morgan fingerprint density at radius 3 is 2.74 bits per heavy atom. The highest BCUT2D eigenvalue weighted by molar-refractivity contribution is 5.72. The molecule has 1 rings (SSSR count). The van der Waals surface area contributed by atoms with E-state index in [0.29, 0.717) is 19.8 Å². The molecule has 0 amide bonds. The lowest BCUT2D eigenvalue weighted by molar-refractivity contribution is -0.147. The number of carbonyl (C=O) groups is 1. The average molecular weight is 265 g/mol. The number of rotatable bonds is 9. The maximum Gasteiger partial charge on any atom is 0.309 e. The molecule has 19 heavy (non-hydrogen) atoms. The van der Waals surface area contributed by atoms with E-state index < -0.39 is 0 Å². The fraction of sp³-hybridized carbons (Fsp3) is 0.533. The summed E-state index contributed by atoms with van der Waals surface area (Å²) in [5.41, 5.74) is 0. The van der Waals surface area contributed by atoms with Gasteiger partial charge in [-0.3, -0.25) is 4.79 Å². The van der Waals surface area contributed by atoms with Crippen LogP contribution in [0.25, 0.3) is 0 Å². The van der Waals surface area contributed by atoms with Crippen LogP contribution in [0.15, 0.2) is 30.3 Å². The highest BCUT2D eigenvalue weighted by atomic mass is 16.5. The number of ether oxygens (including phenoxy) is 2. The van der Waals surface area contributed by atoms with Gasteiger partial charge in [0.15, 0.2) is 0 Å². The van der Waals surface area contributed by atoms with Crippen molar-refractivity contribution in [2.24, 2.45) is 5.92 Å². The van der Waals surface area contributed by atoms with Gasteiger partial charge < -0.3 is 14.8 Å². The van der Waals surface area contributed by atoms with Gasteiger partial charge in [-0.2, -0.15) is 0 Å². The molecule has 4 heteroatoms. The molecule has 1 unspecified atom stereocenters. The summed E-state index contributed by atoms with van der Waals surface area (Å²) in [7, 11) is 0. The molecule has 1 atom stereocenters. The molecule has 0 radical (unpaired) electrons. The molecule has 0 aromatic heterocycles. The zero-order chi connectivity index (χ0) is 13.9. The van der Waals surface area contributed by atoms with E-state index >= 15 is 0 Å². The Balaban J connectivity index is 2.01. The van der Waals surface area contributed by atoms with E-state index in [2.05, 4.69) is 5.32 Å². The molecule has 1 aromatic rings. The predicted molar refractivity (Wildman–Crippen MR) is 75.2 cm³/mol. The van der Waals surface area contributed by atoms with Crippen LogP contribution in [0.5, 0.6) is 5.75 Å². The van der Waals surface area contributed by atoms with Gasteiger partial charge in [-0.1, -0.05) is 25.1 Å². The van der Waals surface area contributed by atoms with Crippen molar-refractivity contribution in [2.75, 3.05) is 26.3 Å². The summed E-state index contributed by atoms with van der Waals surface area (Å²) in [6, 6.07) is 9.75. The smallest absolute Gasteiger partial charge is 0.309 e. The Morgan fingerprint density at radius 1 is 1.32 bits per heavy atom. The standard InChI is InChI=1S/C15H23NO3/c1-3-18-15(17)13(2)12-16-10-7-11-19-14-8-5-4-6-9-14/h4-6,8-9,13,16H,3,7,10-12H2,1-2H3. The van der Waals surface area contributed by atoms with Crippen LogP contribution >= 0.6 is 0 Å². The van der Waals surface area contributed by atoms with E-state index in [1.54, 1.807) is 0 Å². The fourth-order valence-corrected chi connectivity index (χ4v) is 1.59. The van der Waals surface area contributed by atoms with Gasteiger partial charge in [0.05, 0.1) is 19.1 Å². The topological polar surface area (TPSA) is 47.6 Å². The first-order valence-electron chi connectivity index (χ1n) is 6.79. The molecule has 0 heterocycles. The maximum atomic E-state index is 11.4. The first-order valence-corrected chi connectivity index (χ1v) is 6.79. The minimum absolute atomic E-state index is 0.102. The van der Waals surface area contributed by atoms with E-state index in [4.69, 9.17) is 9.47 Å². The molecule has 0 aliphatic heterocycles. The largest absolute Gasteiger partial charge is 0.494 e. The van der Waals surface area contributed by atoms with Crippen LogP contribution in [0.2, 0.25) is 0 Å². The number of benzene rings is 1. The summed E-state index contributed by atoms with van der Waals surface area (Å²) in [4.78, 5) is 11.4. The van der Waals surface area contributed by atoms with Gasteiger partial charge in [0.2, 0.25) is 0 Å². The van der Waals surface area contributed by atoms with Gasteiger partial charge in [0.25, 0.3) is 0 Å². The van der Waals surface area contributed by atoms with Crippen LogP contribution in [0.4, 0.5) is 0 Å². The summed E-state index contributed by atoms with van der Waals surface area (Å²) < 4.78 is 10.5. The van der Waals surface area contributed by atoms with Crippen LogP contribution in [0.3, 0.4) is 0 Å². The molecule has 0 fully saturated rings. The molecular formula is C15H23NO3. The quantitative estimate of drug-likeness (QED) is 0.549. The molecule has 0 spiro atoms. The number of para-hydroxylation sites is 1. The van der Waals surface area contributed by atoms with Crippen LogP contribution in [-0.2, 0) is 9.53 Å². The number of carbonyl (C=O) groups excluding carboxylic acids is 1. The maximum absolute atomic E-state index is 11.4. The van der Waals surface area contributed by atoms with Crippen molar-refractivity contribution in [1.29, 1.82) is 0 Å². The summed E-state index contributed by atoms with van der Waals surface area (Å²) in [6.45, 7) is 6.27. The second-order valence-electron chi connectivity index (χ2n) is 4.37. The number of nitrogens with one attached hydrogen (secondary N) is 1. The Kier molecular flexibility index (Phi) is 7.66. The van der Waals surface area contributed by atoms with Gasteiger partial charge >= 0.3 is 5.97 Å². The molecule has 0 saturated heterocycles. The molecule has 0 bridgehead atoms. The Hall–Kier alpha value is -1.55. The normalized spacial score (nSPS) is 11.9. The molecular weight excluding hydrogens is 242 g/mol. The fourth-order valence-electron chi connectivity index (χ4n) is 1.59. The van der Waals surface area contributed by atoms with Gasteiger partial charge in [-0.15, -0.1) is 0 Å². The molecule has 1 aromatic carbocycles. The van der Waals surface area contributed by atoms with Crippen molar-refractivity contribution in [2.45, 2.75) is 20.3 Å². The number of esters is 1. The predicted octanol–water partition coefficient (Wildman–Crippen LogP) is 2.24. The van der Waals surface area contributed by atoms with Gasteiger partial charge in [-0.05, 0) is 32.0 Å². The van der Waals surface area contributed by atoms with Gasteiger partial charge in [-0.25, -0.2) is 0 Å². The van der Waals surface area contributed by atoms with Crippen molar-refractivity contribution in [3.05, 3.63) is 30.3 Å². The van der Waals surface area contributed by atoms with Gasteiger partial charge in [0, 0.05) is 6.54 Å². The average Bonchev–Trinajstić information content (AvgIpc) is 2.43. The van der Waals surface area contributed by atoms with E-state index in [1.165, 1.54) is 0 Å². The molecule has 0 aliphatic rings. The van der Waals surface area contributed by atoms with Crippen molar-refractivity contribution >= 4 is 5.97 Å². The second kappa shape index (κ2) is 9.39. The third-order valence-corrected chi connectivity index (χ3v) is 2.65. The minimum Gasteiger partial charge on any atom is -0.494 e. The lowest BCUT2D eigenvalue weighted by atomic mass is 10.2. The minimum atomic E-state index is -0.143. The summed E-state index contributed by atoms with van der Waals surface area (Å²) >= 11 is 0. The molecule has 0 saturated carbocycles. The van der Waals surface area contributed by atoms with Crippen LogP contribution < -0.4 is 10.1 Å². The van der Waals surface area contributed by atoms with Crippen molar-refractivity contribution in [1.82, 2.24) is 5.32 Å². The monoisotopic (exact) mass is 265 g/mol. The van der Waals surface area contributed by atoms with E-state index in [9.17, 15) is 4.79 Å². The van der Waals surface area contributed by atoms with Crippen molar-refractivity contribution in [3.8, 4) is 5.75 Å². The molecule has 0 aliphatic carbocycles. The first kappa shape index (κ1) is 15.5. The number of hydrogen-bond donors (Lipinski definition) is 1. The van der Waals surface area contributed by atoms with E-state index in [0.717, 1.165) is 18.7 Å². The number of hydrogen-bond acceptors (Lipinski definition) is 4. The molecule has 4 nitrogen and oxygen atoms in total. The van der Waals surface area contributed by atoms with E-state index in [-0.39, 0.29) is 11.9 Å². The third kappa shape index (κ3) is 6.82. The van der Waals surface area contributed by atoms with Crippen LogP contribution in [0, 0.1) is 5.92 Å². The highest BCUT2D eigenvalue weighted by Crippen LogP contribution is 2.08. The Morgan fingerprint density at radius 2 is 2.05 bits per heavy atom. The lowest BCUT2D eigenvalue weighted by Gasteiger charge is -2.11. The highest BCUT2D eigenvalue weighted by Gasteiger charge is 2.12. The Labute approximate surface area is 115 Å². The molecule has 106 valence electrons. The molecule has 1 N–H and O–H groups in total. The zero-order valence-corrected chi connectivity index (χ0v) is 11.7. The van der Waals surface area contributed by atoms with Gasteiger partial charge in [0.1, 0.15) is 5.75 Å². The first-order chi connectivity index (χ1) is 9.24. The van der Waals surface area contributed by atoms with E-state index in [1.807, 2.05) is 44.2 Å². The zero-order valence-electron chi connectivity index (χ0n) is 11.7. The SMILES string of the molecule is CCOC(=O)C(C)CNCCCOc1ccccc1. The van der Waals surface area contributed by atoms with Crippen LogP contribution in [0.1, 0.15) is 20.3 Å². The lowest BCUT2D eigenvalue weighted by Crippen LogP contribution is -2.29.